The van der Waals surface area contributed by atoms with E-state index in [0.29, 0.717) is 5.75 Å². The lowest BCUT2D eigenvalue weighted by atomic mass is 10.1. The van der Waals surface area contributed by atoms with Crippen molar-refractivity contribution in [1.29, 1.82) is 0 Å². The van der Waals surface area contributed by atoms with Crippen LogP contribution in [0.4, 0.5) is 0 Å². The van der Waals surface area contributed by atoms with Gasteiger partial charge in [-0.1, -0.05) is 0 Å². The highest BCUT2D eigenvalue weighted by Crippen LogP contribution is 2.01. The van der Waals surface area contributed by atoms with Crippen LogP contribution in [0.5, 0.6) is 0 Å². The Hall–Kier alpha value is -1.28. The minimum absolute atomic E-state index is 0.271. The molecule has 0 aromatic heterocycles. The van der Waals surface area contributed by atoms with Crippen LogP contribution in [0.3, 0.4) is 0 Å². The van der Waals surface area contributed by atoms with Gasteiger partial charge in [-0.2, -0.15) is 12.6 Å². The van der Waals surface area contributed by atoms with E-state index in [1.807, 2.05) is 0 Å². The lowest BCUT2D eigenvalue weighted by Crippen LogP contribution is -2.36. The number of aliphatic carboxylic acids is 2. The van der Waals surface area contributed by atoms with Gasteiger partial charge in [-0.3, -0.25) is 14.4 Å². The van der Waals surface area contributed by atoms with E-state index in [1.165, 1.54) is 0 Å². The van der Waals surface area contributed by atoms with E-state index < -0.39 is 36.5 Å². The maximum Gasteiger partial charge on any atom is 0.322 e. The van der Waals surface area contributed by atoms with Crippen LogP contribution in [-0.4, -0.2) is 46.5 Å². The van der Waals surface area contributed by atoms with E-state index in [-0.39, 0.29) is 6.42 Å². The molecule has 1 atom stereocenters. The van der Waals surface area contributed by atoms with Gasteiger partial charge in [0.05, 0.1) is 0 Å². The normalized spacial score (nSPS) is 12.2. The third-order valence-corrected chi connectivity index (χ3v) is 1.99. The zero-order valence-electron chi connectivity index (χ0n) is 8.33. The van der Waals surface area contributed by atoms with E-state index in [1.54, 1.807) is 0 Å². The summed E-state index contributed by atoms with van der Waals surface area (Å²) in [5.41, 5.74) is 5.35. The van der Waals surface area contributed by atoms with Crippen molar-refractivity contribution in [1.82, 2.24) is 0 Å². The van der Waals surface area contributed by atoms with Crippen molar-refractivity contribution in [2.24, 2.45) is 11.7 Å². The van der Waals surface area contributed by atoms with Crippen LogP contribution in [0.1, 0.15) is 6.42 Å². The summed E-state index contributed by atoms with van der Waals surface area (Å²) < 4.78 is 4.48. The number of hydrogen-bond acceptors (Lipinski definition) is 6. The van der Waals surface area contributed by atoms with Crippen molar-refractivity contribution >= 4 is 30.5 Å². The Labute approximate surface area is 97.0 Å². The largest absolute Gasteiger partial charge is 0.481 e. The van der Waals surface area contributed by atoms with E-state index in [9.17, 15) is 14.4 Å². The number of nitrogens with two attached hydrogens (primary N) is 1. The number of thiol groups is 1. The van der Waals surface area contributed by atoms with Crippen LogP contribution < -0.4 is 5.73 Å². The lowest BCUT2D eigenvalue weighted by Gasteiger charge is -2.12. The maximum atomic E-state index is 11.1. The molecular formula is C8H13NO6S. The Bertz CT molecular complexity index is 268. The Morgan fingerprint density at radius 1 is 1.25 bits per heavy atom. The summed E-state index contributed by atoms with van der Waals surface area (Å²) >= 11 is 3.85. The van der Waals surface area contributed by atoms with Gasteiger partial charge in [0.1, 0.15) is 12.6 Å². The SMILES string of the molecule is N[C@H](CCS)C(=O)OCC(C(=O)O)C(=O)O. The summed E-state index contributed by atoms with van der Waals surface area (Å²) in [5.74, 6) is -5.36. The van der Waals surface area contributed by atoms with Gasteiger partial charge in [0, 0.05) is 0 Å². The number of hydrogen-bond donors (Lipinski definition) is 4. The second-order valence-corrected chi connectivity index (χ2v) is 3.43. The van der Waals surface area contributed by atoms with Gasteiger partial charge in [-0.25, -0.2) is 0 Å². The van der Waals surface area contributed by atoms with E-state index in [2.05, 4.69) is 17.4 Å². The van der Waals surface area contributed by atoms with Crippen molar-refractivity contribution in [2.45, 2.75) is 12.5 Å². The van der Waals surface area contributed by atoms with Crippen LogP contribution in [-0.2, 0) is 19.1 Å². The van der Waals surface area contributed by atoms with Crippen LogP contribution in [0, 0.1) is 5.92 Å². The fourth-order valence-corrected chi connectivity index (χ4v) is 1.06. The van der Waals surface area contributed by atoms with Crippen LogP contribution in [0.25, 0.3) is 0 Å². The number of carbonyl (C=O) groups is 3. The van der Waals surface area contributed by atoms with Crippen molar-refractivity contribution in [3.05, 3.63) is 0 Å². The van der Waals surface area contributed by atoms with Gasteiger partial charge in [-0.05, 0) is 12.2 Å². The molecule has 0 fully saturated rings. The number of carboxylic acid groups (broad SMARTS) is 2. The van der Waals surface area contributed by atoms with Crippen LogP contribution >= 0.6 is 12.6 Å². The molecule has 0 heterocycles. The highest BCUT2D eigenvalue weighted by atomic mass is 32.1. The molecule has 92 valence electrons. The number of ether oxygens (including phenoxy) is 1. The number of carbonyl (C=O) groups excluding carboxylic acids is 1. The van der Waals surface area contributed by atoms with E-state index in [0.717, 1.165) is 0 Å². The van der Waals surface area contributed by atoms with Crippen molar-refractivity contribution in [2.75, 3.05) is 12.4 Å². The second kappa shape index (κ2) is 7.07. The average molecular weight is 251 g/mol. The molecule has 0 saturated carbocycles. The van der Waals surface area contributed by atoms with Gasteiger partial charge in [0.2, 0.25) is 0 Å². The molecule has 0 amide bonds. The fraction of sp³-hybridized carbons (Fsp3) is 0.625. The first-order valence-corrected chi connectivity index (χ1v) is 5.02. The van der Waals surface area contributed by atoms with E-state index >= 15 is 0 Å². The van der Waals surface area contributed by atoms with Gasteiger partial charge >= 0.3 is 17.9 Å². The highest BCUT2D eigenvalue weighted by Gasteiger charge is 2.28. The molecule has 0 aliphatic heterocycles. The average Bonchev–Trinajstić information content (AvgIpc) is 2.16. The summed E-state index contributed by atoms with van der Waals surface area (Å²) in [4.78, 5) is 32.0. The first kappa shape index (κ1) is 14.7. The first-order valence-electron chi connectivity index (χ1n) is 4.38. The molecule has 4 N–H and O–H groups in total. The topological polar surface area (TPSA) is 127 Å². The molecule has 0 radical (unpaired) electrons. The monoisotopic (exact) mass is 251 g/mol. The molecule has 0 rings (SSSR count). The fourth-order valence-electron chi connectivity index (χ4n) is 0.778. The molecule has 0 bridgehead atoms. The predicted octanol–water partition coefficient (Wildman–Crippen LogP) is -1.04. The van der Waals surface area contributed by atoms with Gasteiger partial charge < -0.3 is 20.7 Å². The number of esters is 1. The smallest absolute Gasteiger partial charge is 0.322 e. The van der Waals surface area contributed by atoms with Crippen LogP contribution in [0.15, 0.2) is 0 Å². The summed E-state index contributed by atoms with van der Waals surface area (Å²) in [6, 6.07) is -0.916. The molecule has 16 heavy (non-hydrogen) atoms. The Balaban J connectivity index is 4.16. The minimum atomic E-state index is -1.77. The Kier molecular flexibility index (Phi) is 6.50. The van der Waals surface area contributed by atoms with Crippen molar-refractivity contribution in [3.63, 3.8) is 0 Å². The molecule has 8 heteroatoms. The summed E-state index contributed by atoms with van der Waals surface area (Å²) in [7, 11) is 0. The molecule has 7 nitrogen and oxygen atoms in total. The van der Waals surface area contributed by atoms with Gasteiger partial charge in [0.25, 0.3) is 0 Å². The lowest BCUT2D eigenvalue weighted by molar-refractivity contribution is -0.160. The van der Waals surface area contributed by atoms with Gasteiger partial charge in [0.15, 0.2) is 5.92 Å². The van der Waals surface area contributed by atoms with Crippen LogP contribution in [0.2, 0.25) is 0 Å². The molecule has 0 aromatic carbocycles. The molecule has 0 aliphatic rings. The number of carboxylic acids is 2. The first-order chi connectivity index (χ1) is 7.40. The van der Waals surface area contributed by atoms with E-state index in [4.69, 9.17) is 15.9 Å². The minimum Gasteiger partial charge on any atom is -0.481 e. The third-order valence-electron chi connectivity index (χ3n) is 1.73. The summed E-state index contributed by atoms with van der Waals surface area (Å²) in [5, 5.41) is 17.0. The molecule has 0 spiro atoms. The molecule has 0 saturated heterocycles. The summed E-state index contributed by atoms with van der Waals surface area (Å²) in [6.07, 6.45) is 0.271. The Morgan fingerprint density at radius 3 is 2.12 bits per heavy atom. The zero-order chi connectivity index (χ0) is 12.7. The quantitative estimate of drug-likeness (QED) is 0.258. The van der Waals surface area contributed by atoms with Crippen molar-refractivity contribution < 1.29 is 29.3 Å². The standard InChI is InChI=1S/C8H13NO6S/c9-5(1-2-16)8(14)15-3-4(6(10)11)7(12)13/h4-5,16H,1-3,9H2,(H,10,11)(H,12,13)/t5-/m1/s1. The highest BCUT2D eigenvalue weighted by molar-refractivity contribution is 7.80. The third kappa shape index (κ3) is 4.99. The predicted molar refractivity (Wildman–Crippen MR) is 56.2 cm³/mol. The summed E-state index contributed by atoms with van der Waals surface area (Å²) in [6.45, 7) is -0.732. The maximum absolute atomic E-state index is 11.1. The van der Waals surface area contributed by atoms with Gasteiger partial charge in [-0.15, -0.1) is 0 Å². The van der Waals surface area contributed by atoms with Crippen molar-refractivity contribution in [3.8, 4) is 0 Å². The molecule has 0 aliphatic carbocycles. The molecule has 0 unspecified atom stereocenters. The molecular weight excluding hydrogens is 238 g/mol. The zero-order valence-corrected chi connectivity index (χ0v) is 9.22. The molecule has 0 aromatic rings. The Morgan fingerprint density at radius 2 is 1.75 bits per heavy atom. The number of rotatable bonds is 7. The second-order valence-electron chi connectivity index (χ2n) is 2.98.